The topological polar surface area (TPSA) is 68.0 Å². The van der Waals surface area contributed by atoms with Gasteiger partial charge in [0.1, 0.15) is 5.69 Å². The molecule has 0 aliphatic heterocycles. The maximum atomic E-state index is 12.0. The van der Waals surface area contributed by atoms with Gasteiger partial charge >= 0.3 is 5.97 Å². The molecule has 0 amide bonds. The van der Waals surface area contributed by atoms with Crippen LogP contribution >= 0.6 is 0 Å². The molecular weight excluding hydrogens is 237 g/mol. The standard InChI is InChI=1S/C12H12FN3O2/c13-7-3-4-9-8-14-16(15-9)11-6-2-1-5-10(11)12(17)18/h1-2,5-6,8H,3-4,7H2,(H,17,18). The summed E-state index contributed by atoms with van der Waals surface area (Å²) in [7, 11) is 0. The van der Waals surface area contributed by atoms with Crippen molar-refractivity contribution in [2.75, 3.05) is 6.67 Å². The van der Waals surface area contributed by atoms with Gasteiger partial charge < -0.3 is 5.11 Å². The largest absolute Gasteiger partial charge is 0.478 e. The second-order valence-corrected chi connectivity index (χ2v) is 3.74. The van der Waals surface area contributed by atoms with Gasteiger partial charge in [0.15, 0.2) is 0 Å². The second kappa shape index (κ2) is 5.39. The summed E-state index contributed by atoms with van der Waals surface area (Å²) in [5, 5.41) is 17.2. The SMILES string of the molecule is O=C(O)c1ccccc1-n1ncc(CCCF)n1. The molecule has 0 spiro atoms. The molecule has 1 heterocycles. The Hall–Kier alpha value is -2.24. The number of nitrogens with zero attached hydrogens (tertiary/aromatic N) is 3. The number of carboxylic acid groups (broad SMARTS) is 1. The molecule has 1 aromatic carbocycles. The molecule has 18 heavy (non-hydrogen) atoms. The van der Waals surface area contributed by atoms with Crippen molar-refractivity contribution >= 4 is 5.97 Å². The first-order valence-corrected chi connectivity index (χ1v) is 5.52. The quantitative estimate of drug-likeness (QED) is 0.878. The predicted molar refractivity (Wildman–Crippen MR) is 62.6 cm³/mol. The summed E-state index contributed by atoms with van der Waals surface area (Å²) in [6.45, 7) is -0.404. The van der Waals surface area contributed by atoms with Gasteiger partial charge in [-0.3, -0.25) is 4.39 Å². The van der Waals surface area contributed by atoms with E-state index in [9.17, 15) is 9.18 Å². The predicted octanol–water partition coefficient (Wildman–Crippen LogP) is 1.87. The first-order valence-electron chi connectivity index (χ1n) is 5.52. The number of alkyl halides is 1. The Kier molecular flexibility index (Phi) is 3.66. The Bertz CT molecular complexity index is 554. The third-order valence-corrected chi connectivity index (χ3v) is 2.46. The van der Waals surface area contributed by atoms with E-state index in [1.807, 2.05) is 0 Å². The molecule has 94 valence electrons. The molecule has 0 atom stereocenters. The van der Waals surface area contributed by atoms with E-state index in [2.05, 4.69) is 10.2 Å². The van der Waals surface area contributed by atoms with Crippen LogP contribution in [0, 0.1) is 0 Å². The highest BCUT2D eigenvalue weighted by atomic mass is 19.1. The number of rotatable bonds is 5. The summed E-state index contributed by atoms with van der Waals surface area (Å²) >= 11 is 0. The van der Waals surface area contributed by atoms with E-state index in [1.165, 1.54) is 17.1 Å². The smallest absolute Gasteiger partial charge is 0.337 e. The van der Waals surface area contributed by atoms with E-state index in [4.69, 9.17) is 5.11 Å². The van der Waals surface area contributed by atoms with Crippen LogP contribution in [0.25, 0.3) is 5.69 Å². The van der Waals surface area contributed by atoms with Crippen molar-refractivity contribution in [3.05, 3.63) is 41.7 Å². The van der Waals surface area contributed by atoms with Crippen molar-refractivity contribution < 1.29 is 14.3 Å². The highest BCUT2D eigenvalue weighted by Crippen LogP contribution is 2.13. The van der Waals surface area contributed by atoms with Crippen molar-refractivity contribution in [3.63, 3.8) is 0 Å². The van der Waals surface area contributed by atoms with Crippen LogP contribution in [0.2, 0.25) is 0 Å². The molecule has 0 aliphatic carbocycles. The zero-order valence-electron chi connectivity index (χ0n) is 9.58. The van der Waals surface area contributed by atoms with Crippen LogP contribution in [0.3, 0.4) is 0 Å². The molecule has 2 aromatic rings. The molecule has 1 N–H and O–H groups in total. The third-order valence-electron chi connectivity index (χ3n) is 2.46. The Balaban J connectivity index is 2.31. The molecule has 0 saturated heterocycles. The van der Waals surface area contributed by atoms with Gasteiger partial charge in [-0.05, 0) is 25.0 Å². The molecule has 2 rings (SSSR count). The maximum Gasteiger partial charge on any atom is 0.337 e. The Morgan fingerprint density at radius 3 is 2.89 bits per heavy atom. The number of hydrogen-bond donors (Lipinski definition) is 1. The van der Waals surface area contributed by atoms with Crippen molar-refractivity contribution in [1.29, 1.82) is 0 Å². The number of para-hydroxylation sites is 1. The minimum Gasteiger partial charge on any atom is -0.478 e. The first-order chi connectivity index (χ1) is 8.72. The van der Waals surface area contributed by atoms with Gasteiger partial charge in [0.25, 0.3) is 0 Å². The number of aromatic carboxylic acids is 1. The van der Waals surface area contributed by atoms with Crippen LogP contribution < -0.4 is 0 Å². The molecule has 0 aliphatic rings. The number of halogens is 1. The lowest BCUT2D eigenvalue weighted by Gasteiger charge is -2.03. The zero-order valence-corrected chi connectivity index (χ0v) is 9.58. The van der Waals surface area contributed by atoms with Gasteiger partial charge in [0.2, 0.25) is 0 Å². The van der Waals surface area contributed by atoms with E-state index in [0.717, 1.165) is 0 Å². The number of benzene rings is 1. The van der Waals surface area contributed by atoms with Gasteiger partial charge in [-0.15, -0.1) is 0 Å². The summed E-state index contributed by atoms with van der Waals surface area (Å²) < 4.78 is 12.0. The molecule has 6 heteroatoms. The van der Waals surface area contributed by atoms with Crippen molar-refractivity contribution in [1.82, 2.24) is 15.0 Å². The molecule has 0 bridgehead atoms. The molecule has 0 fully saturated rings. The molecule has 5 nitrogen and oxygen atoms in total. The minimum absolute atomic E-state index is 0.130. The number of aryl methyl sites for hydroxylation is 1. The monoisotopic (exact) mass is 249 g/mol. The average molecular weight is 249 g/mol. The van der Waals surface area contributed by atoms with Crippen molar-refractivity contribution in [3.8, 4) is 5.69 Å². The summed E-state index contributed by atoms with van der Waals surface area (Å²) in [5.74, 6) is -1.03. The van der Waals surface area contributed by atoms with Crippen LogP contribution in [0.4, 0.5) is 4.39 Å². The highest BCUT2D eigenvalue weighted by Gasteiger charge is 2.12. The maximum absolute atomic E-state index is 12.0. The fourth-order valence-electron chi connectivity index (χ4n) is 1.60. The van der Waals surface area contributed by atoms with Gasteiger partial charge in [0.05, 0.1) is 24.1 Å². The number of aromatic nitrogens is 3. The van der Waals surface area contributed by atoms with E-state index in [1.54, 1.807) is 18.2 Å². The molecular formula is C12H12FN3O2. The lowest BCUT2D eigenvalue weighted by molar-refractivity contribution is 0.0696. The third kappa shape index (κ3) is 2.53. The van der Waals surface area contributed by atoms with Gasteiger partial charge in [0, 0.05) is 0 Å². The van der Waals surface area contributed by atoms with E-state index in [-0.39, 0.29) is 5.56 Å². The lowest BCUT2D eigenvalue weighted by Crippen LogP contribution is -2.07. The van der Waals surface area contributed by atoms with Crippen LogP contribution in [0.5, 0.6) is 0 Å². The number of carboxylic acids is 1. The Morgan fingerprint density at radius 2 is 2.17 bits per heavy atom. The van der Waals surface area contributed by atoms with Crippen LogP contribution in [-0.4, -0.2) is 32.7 Å². The lowest BCUT2D eigenvalue weighted by atomic mass is 10.2. The van der Waals surface area contributed by atoms with Gasteiger partial charge in [-0.2, -0.15) is 15.0 Å². The summed E-state index contributed by atoms with van der Waals surface area (Å²) in [5.41, 5.74) is 1.18. The normalized spacial score (nSPS) is 10.5. The summed E-state index contributed by atoms with van der Waals surface area (Å²) in [6, 6.07) is 6.47. The summed E-state index contributed by atoms with van der Waals surface area (Å²) in [6.07, 6.45) is 2.40. The fourth-order valence-corrected chi connectivity index (χ4v) is 1.60. The fraction of sp³-hybridized carbons (Fsp3) is 0.250. The zero-order chi connectivity index (χ0) is 13.0. The highest BCUT2D eigenvalue weighted by molar-refractivity contribution is 5.91. The van der Waals surface area contributed by atoms with Crippen molar-refractivity contribution in [2.45, 2.75) is 12.8 Å². The molecule has 0 unspecified atom stereocenters. The average Bonchev–Trinajstić information content (AvgIpc) is 2.85. The van der Waals surface area contributed by atoms with Crippen LogP contribution in [0.1, 0.15) is 22.5 Å². The van der Waals surface area contributed by atoms with E-state index < -0.39 is 12.6 Å². The van der Waals surface area contributed by atoms with Gasteiger partial charge in [-0.1, -0.05) is 12.1 Å². The van der Waals surface area contributed by atoms with Crippen LogP contribution in [0.15, 0.2) is 30.5 Å². The molecule has 0 radical (unpaired) electrons. The minimum atomic E-state index is -1.03. The van der Waals surface area contributed by atoms with E-state index >= 15 is 0 Å². The summed E-state index contributed by atoms with van der Waals surface area (Å²) in [4.78, 5) is 12.3. The first kappa shape index (κ1) is 12.2. The number of hydrogen-bond acceptors (Lipinski definition) is 3. The number of carbonyl (C=O) groups is 1. The molecule has 0 saturated carbocycles. The van der Waals surface area contributed by atoms with Crippen LogP contribution in [-0.2, 0) is 6.42 Å². The Morgan fingerprint density at radius 1 is 1.39 bits per heavy atom. The van der Waals surface area contributed by atoms with E-state index in [0.29, 0.717) is 24.2 Å². The van der Waals surface area contributed by atoms with Crippen molar-refractivity contribution in [2.24, 2.45) is 0 Å². The van der Waals surface area contributed by atoms with Gasteiger partial charge in [-0.25, -0.2) is 4.79 Å². The Labute approximate surface area is 103 Å². The second-order valence-electron chi connectivity index (χ2n) is 3.74. The molecule has 1 aromatic heterocycles.